The first-order chi connectivity index (χ1) is 4.84. The van der Waals surface area contributed by atoms with Gasteiger partial charge in [0.05, 0.1) is 0 Å². The Morgan fingerprint density at radius 3 is 3.00 bits per heavy atom. The van der Waals surface area contributed by atoms with Crippen molar-refractivity contribution in [1.82, 2.24) is 0 Å². The number of thioether (sulfide) groups is 1. The number of aliphatic hydroxyl groups excluding tert-OH is 1. The summed E-state index contributed by atoms with van der Waals surface area (Å²) in [7, 11) is 0. The Labute approximate surface area is 67.2 Å². The van der Waals surface area contributed by atoms with Crippen LogP contribution in [0.5, 0.6) is 0 Å². The zero-order valence-electron chi connectivity index (χ0n) is 6.55. The molecule has 0 aromatic rings. The van der Waals surface area contributed by atoms with Crippen LogP contribution in [-0.2, 0) is 0 Å². The standard InChI is InChI=1S/C8H16OS/c1-7(2-4-9)8-3-5-10-6-8/h7-9H,2-6H2,1H3. The predicted octanol–water partition coefficient (Wildman–Crippen LogP) is 1.76. The molecule has 1 rings (SSSR count). The summed E-state index contributed by atoms with van der Waals surface area (Å²) in [6, 6.07) is 0. The van der Waals surface area contributed by atoms with E-state index in [9.17, 15) is 0 Å². The van der Waals surface area contributed by atoms with Crippen LogP contribution in [0.15, 0.2) is 0 Å². The number of hydrogen-bond acceptors (Lipinski definition) is 2. The van der Waals surface area contributed by atoms with Crippen LogP contribution in [0.25, 0.3) is 0 Å². The molecule has 2 heteroatoms. The Hall–Kier alpha value is 0.310. The fourth-order valence-corrected chi connectivity index (χ4v) is 2.87. The van der Waals surface area contributed by atoms with Crippen LogP contribution in [0.3, 0.4) is 0 Å². The normalized spacial score (nSPS) is 28.8. The monoisotopic (exact) mass is 160 g/mol. The molecule has 0 aromatic heterocycles. The van der Waals surface area contributed by atoms with Crippen LogP contribution in [0.4, 0.5) is 0 Å². The van der Waals surface area contributed by atoms with Gasteiger partial charge in [-0.2, -0.15) is 11.8 Å². The zero-order valence-corrected chi connectivity index (χ0v) is 7.36. The molecular formula is C8H16OS. The molecule has 1 aliphatic rings. The van der Waals surface area contributed by atoms with E-state index < -0.39 is 0 Å². The summed E-state index contributed by atoms with van der Waals surface area (Å²) in [6.45, 7) is 2.62. The summed E-state index contributed by atoms with van der Waals surface area (Å²) >= 11 is 2.05. The summed E-state index contributed by atoms with van der Waals surface area (Å²) < 4.78 is 0. The first-order valence-electron chi connectivity index (χ1n) is 4.03. The molecular weight excluding hydrogens is 144 g/mol. The second-order valence-corrected chi connectivity index (χ2v) is 4.26. The minimum absolute atomic E-state index is 0.363. The van der Waals surface area contributed by atoms with Crippen LogP contribution in [-0.4, -0.2) is 23.2 Å². The smallest absolute Gasteiger partial charge is 0.0433 e. The molecule has 2 unspecified atom stereocenters. The molecule has 1 aliphatic heterocycles. The maximum absolute atomic E-state index is 8.69. The average Bonchev–Trinajstić information content (AvgIpc) is 2.38. The predicted molar refractivity (Wildman–Crippen MR) is 46.3 cm³/mol. The molecule has 1 fully saturated rings. The summed E-state index contributed by atoms with van der Waals surface area (Å²) in [4.78, 5) is 0. The first-order valence-corrected chi connectivity index (χ1v) is 5.18. The topological polar surface area (TPSA) is 20.2 Å². The molecule has 2 atom stereocenters. The van der Waals surface area contributed by atoms with E-state index in [0.29, 0.717) is 6.61 Å². The van der Waals surface area contributed by atoms with Gasteiger partial charge in [-0.1, -0.05) is 6.92 Å². The molecule has 1 N–H and O–H groups in total. The minimum atomic E-state index is 0.363. The second kappa shape index (κ2) is 4.24. The number of hydrogen-bond donors (Lipinski definition) is 1. The molecule has 1 nitrogen and oxygen atoms in total. The Kier molecular flexibility index (Phi) is 3.57. The van der Waals surface area contributed by atoms with Gasteiger partial charge in [0.1, 0.15) is 0 Å². The van der Waals surface area contributed by atoms with Crippen LogP contribution < -0.4 is 0 Å². The van der Waals surface area contributed by atoms with Crippen LogP contribution >= 0.6 is 11.8 Å². The van der Waals surface area contributed by atoms with Crippen molar-refractivity contribution in [3.63, 3.8) is 0 Å². The van der Waals surface area contributed by atoms with E-state index in [-0.39, 0.29) is 0 Å². The summed E-state index contributed by atoms with van der Waals surface area (Å²) in [5.41, 5.74) is 0. The van der Waals surface area contributed by atoms with Gasteiger partial charge in [0.2, 0.25) is 0 Å². The molecule has 0 amide bonds. The van der Waals surface area contributed by atoms with Crippen LogP contribution in [0.1, 0.15) is 19.8 Å². The van der Waals surface area contributed by atoms with E-state index in [1.165, 1.54) is 17.9 Å². The van der Waals surface area contributed by atoms with E-state index >= 15 is 0 Å². The third-order valence-corrected chi connectivity index (χ3v) is 3.54. The molecule has 0 aliphatic carbocycles. The third kappa shape index (κ3) is 2.17. The van der Waals surface area contributed by atoms with E-state index in [0.717, 1.165) is 18.3 Å². The Bertz CT molecular complexity index is 89.3. The van der Waals surface area contributed by atoms with Gasteiger partial charge < -0.3 is 5.11 Å². The second-order valence-electron chi connectivity index (χ2n) is 3.11. The van der Waals surface area contributed by atoms with E-state index in [1.807, 2.05) is 0 Å². The Morgan fingerprint density at radius 2 is 2.50 bits per heavy atom. The van der Waals surface area contributed by atoms with Gasteiger partial charge in [0.15, 0.2) is 0 Å². The maximum Gasteiger partial charge on any atom is 0.0433 e. The lowest BCUT2D eigenvalue weighted by molar-refractivity contribution is 0.237. The summed E-state index contributed by atoms with van der Waals surface area (Å²) in [5.74, 6) is 4.28. The van der Waals surface area contributed by atoms with E-state index in [1.54, 1.807) is 0 Å². The fraction of sp³-hybridized carbons (Fsp3) is 1.00. The molecule has 0 saturated carbocycles. The molecule has 1 heterocycles. The Morgan fingerprint density at radius 1 is 1.70 bits per heavy atom. The van der Waals surface area contributed by atoms with Crippen molar-refractivity contribution in [2.24, 2.45) is 11.8 Å². The fourth-order valence-electron chi connectivity index (χ4n) is 1.44. The van der Waals surface area contributed by atoms with Gasteiger partial charge in [-0.15, -0.1) is 0 Å². The molecule has 0 bridgehead atoms. The lowest BCUT2D eigenvalue weighted by Crippen LogP contribution is -2.11. The largest absolute Gasteiger partial charge is 0.396 e. The lowest BCUT2D eigenvalue weighted by Gasteiger charge is -2.15. The molecule has 1 saturated heterocycles. The number of rotatable bonds is 3. The Balaban J connectivity index is 2.18. The van der Waals surface area contributed by atoms with Crippen molar-refractivity contribution in [2.75, 3.05) is 18.1 Å². The molecule has 0 radical (unpaired) electrons. The highest BCUT2D eigenvalue weighted by Crippen LogP contribution is 2.30. The maximum atomic E-state index is 8.69. The van der Waals surface area contributed by atoms with Crippen molar-refractivity contribution >= 4 is 11.8 Å². The molecule has 60 valence electrons. The van der Waals surface area contributed by atoms with Crippen molar-refractivity contribution < 1.29 is 5.11 Å². The lowest BCUT2D eigenvalue weighted by atomic mass is 9.91. The van der Waals surface area contributed by atoms with Gasteiger partial charge in [0, 0.05) is 6.61 Å². The zero-order chi connectivity index (χ0) is 7.40. The first kappa shape index (κ1) is 8.41. The highest BCUT2D eigenvalue weighted by atomic mass is 32.2. The van der Waals surface area contributed by atoms with E-state index in [4.69, 9.17) is 5.11 Å². The summed E-state index contributed by atoms with van der Waals surface area (Å²) in [6.07, 6.45) is 2.36. The quantitative estimate of drug-likeness (QED) is 0.679. The highest BCUT2D eigenvalue weighted by Gasteiger charge is 2.20. The van der Waals surface area contributed by atoms with Crippen molar-refractivity contribution in [3.8, 4) is 0 Å². The SMILES string of the molecule is CC(CCO)C1CCSC1. The van der Waals surface area contributed by atoms with Crippen LogP contribution in [0.2, 0.25) is 0 Å². The highest BCUT2D eigenvalue weighted by molar-refractivity contribution is 7.99. The minimum Gasteiger partial charge on any atom is -0.396 e. The van der Waals surface area contributed by atoms with Crippen molar-refractivity contribution in [2.45, 2.75) is 19.8 Å². The van der Waals surface area contributed by atoms with Gasteiger partial charge in [-0.3, -0.25) is 0 Å². The molecule has 10 heavy (non-hydrogen) atoms. The number of aliphatic hydroxyl groups is 1. The van der Waals surface area contributed by atoms with Crippen molar-refractivity contribution in [1.29, 1.82) is 0 Å². The van der Waals surface area contributed by atoms with Crippen molar-refractivity contribution in [3.05, 3.63) is 0 Å². The molecule has 0 spiro atoms. The van der Waals surface area contributed by atoms with Crippen LogP contribution in [0, 0.1) is 11.8 Å². The molecule has 0 aromatic carbocycles. The van der Waals surface area contributed by atoms with Gasteiger partial charge >= 0.3 is 0 Å². The third-order valence-electron chi connectivity index (χ3n) is 2.35. The average molecular weight is 160 g/mol. The summed E-state index contributed by atoms with van der Waals surface area (Å²) in [5, 5.41) is 8.69. The van der Waals surface area contributed by atoms with E-state index in [2.05, 4.69) is 18.7 Å². The van der Waals surface area contributed by atoms with Gasteiger partial charge in [-0.25, -0.2) is 0 Å². The van der Waals surface area contributed by atoms with Gasteiger partial charge in [0.25, 0.3) is 0 Å². The van der Waals surface area contributed by atoms with Gasteiger partial charge in [-0.05, 0) is 36.2 Å².